The van der Waals surface area contributed by atoms with Crippen molar-refractivity contribution < 1.29 is 9.47 Å². The summed E-state index contributed by atoms with van der Waals surface area (Å²) in [5.41, 5.74) is 5.13. The zero-order valence-corrected chi connectivity index (χ0v) is 19.8. The highest BCUT2D eigenvalue weighted by atomic mass is 79.9. The van der Waals surface area contributed by atoms with Crippen LogP contribution in [0.15, 0.2) is 27.1 Å². The first-order valence-corrected chi connectivity index (χ1v) is 11.1. The lowest BCUT2D eigenvalue weighted by atomic mass is 10.2. The van der Waals surface area contributed by atoms with Gasteiger partial charge in [-0.05, 0) is 59.5 Å². The fourth-order valence-electron chi connectivity index (χ4n) is 3.89. The molecule has 1 aromatic carbocycles. The summed E-state index contributed by atoms with van der Waals surface area (Å²) in [5, 5.41) is 9.00. The molecular weight excluding hydrogens is 502 g/mol. The zero-order valence-electron chi connectivity index (χ0n) is 16.7. The van der Waals surface area contributed by atoms with Crippen molar-refractivity contribution in [2.45, 2.75) is 25.8 Å². The maximum atomic E-state index is 5.43. The maximum Gasteiger partial charge on any atom is 0.163 e. The second kappa shape index (κ2) is 8.67. The van der Waals surface area contributed by atoms with Gasteiger partial charge in [0.15, 0.2) is 11.3 Å². The van der Waals surface area contributed by atoms with Gasteiger partial charge in [0.2, 0.25) is 0 Å². The molecule has 0 amide bonds. The van der Waals surface area contributed by atoms with Gasteiger partial charge in [0, 0.05) is 42.0 Å². The first-order valence-electron chi connectivity index (χ1n) is 9.49. The largest absolute Gasteiger partial charge is 0.385 e. The highest BCUT2D eigenvalue weighted by Gasteiger charge is 2.28. The van der Waals surface area contributed by atoms with E-state index < -0.39 is 0 Å². The quantitative estimate of drug-likeness (QED) is 0.450. The molecule has 154 valence electrons. The van der Waals surface area contributed by atoms with E-state index in [0.29, 0.717) is 13.2 Å². The molecule has 29 heavy (non-hydrogen) atoms. The average molecular weight is 525 g/mol. The monoisotopic (exact) mass is 523 g/mol. The van der Waals surface area contributed by atoms with Crippen LogP contribution in [-0.4, -0.2) is 54.0 Å². The number of nitrogens with zero attached hydrogens (tertiary/aromatic N) is 5. The summed E-state index contributed by atoms with van der Waals surface area (Å²) in [5.74, 6) is 0.843. The third-order valence-electron chi connectivity index (χ3n) is 5.17. The molecule has 0 fully saturated rings. The number of ether oxygens (including phenoxy) is 2. The molecule has 0 spiro atoms. The molecule has 0 N–H and O–H groups in total. The Morgan fingerprint density at radius 2 is 2.00 bits per heavy atom. The molecule has 0 saturated heterocycles. The van der Waals surface area contributed by atoms with E-state index in [4.69, 9.17) is 14.5 Å². The van der Waals surface area contributed by atoms with Gasteiger partial charge in [0.1, 0.15) is 0 Å². The summed E-state index contributed by atoms with van der Waals surface area (Å²) >= 11 is 7.31. The topological polar surface area (TPSA) is 65.3 Å². The molecule has 2 aromatic heterocycles. The maximum absolute atomic E-state index is 5.43. The van der Waals surface area contributed by atoms with E-state index in [1.165, 1.54) is 5.56 Å². The van der Waals surface area contributed by atoms with E-state index in [-0.39, 0.29) is 6.04 Å². The average Bonchev–Trinajstić information content (AvgIpc) is 3.29. The molecule has 1 aliphatic heterocycles. The number of methoxy groups -OCH3 is 2. The molecule has 0 aliphatic carbocycles. The van der Waals surface area contributed by atoms with Crippen molar-refractivity contribution in [2.75, 3.05) is 38.9 Å². The normalized spacial score (nSPS) is 14.6. The highest BCUT2D eigenvalue weighted by molar-refractivity contribution is 9.11. The van der Waals surface area contributed by atoms with Crippen molar-refractivity contribution in [3.8, 4) is 0 Å². The molecule has 7 nitrogen and oxygen atoms in total. The second-order valence-electron chi connectivity index (χ2n) is 7.18. The predicted molar refractivity (Wildman–Crippen MR) is 120 cm³/mol. The molecule has 0 radical (unpaired) electrons. The van der Waals surface area contributed by atoms with E-state index in [2.05, 4.69) is 59.2 Å². The van der Waals surface area contributed by atoms with Crippen molar-refractivity contribution in [3.63, 3.8) is 0 Å². The summed E-state index contributed by atoms with van der Waals surface area (Å²) in [4.78, 5) is 7.08. The number of benzene rings is 1. The fourth-order valence-corrected chi connectivity index (χ4v) is 5.42. The smallest absolute Gasteiger partial charge is 0.163 e. The number of halogens is 2. The molecule has 0 saturated carbocycles. The lowest BCUT2D eigenvalue weighted by Gasteiger charge is -2.21. The Morgan fingerprint density at radius 1 is 1.17 bits per heavy atom. The zero-order chi connectivity index (χ0) is 20.5. The first kappa shape index (κ1) is 20.7. The Hall–Kier alpha value is -1.55. The molecule has 3 aromatic rings. The summed E-state index contributed by atoms with van der Waals surface area (Å²) in [7, 11) is 3.41. The van der Waals surface area contributed by atoms with Gasteiger partial charge in [-0.3, -0.25) is 0 Å². The molecule has 1 atom stereocenters. The standard InChI is InChI=1S/C20H23Br2N5O2/c1-12-8-17-18(24-25-27(17)15(11-29-3)5-7-28-2)20(23-12)26-6-4-13-9-14(21)10-16(22)19(13)26/h8-10,15H,4-7,11H2,1-3H3. The van der Waals surface area contributed by atoms with Gasteiger partial charge < -0.3 is 14.4 Å². The number of anilines is 2. The van der Waals surface area contributed by atoms with Gasteiger partial charge in [-0.25, -0.2) is 9.67 Å². The van der Waals surface area contributed by atoms with Crippen LogP contribution in [0.25, 0.3) is 11.0 Å². The number of pyridine rings is 1. The van der Waals surface area contributed by atoms with Crippen LogP contribution >= 0.6 is 31.9 Å². The Labute approximate surface area is 186 Å². The third-order valence-corrected chi connectivity index (χ3v) is 6.23. The summed E-state index contributed by atoms with van der Waals surface area (Å²) in [6, 6.07) is 6.33. The molecular formula is C20H23Br2N5O2. The SMILES string of the molecule is COCCC(COC)n1nnc2c(N3CCc4cc(Br)cc(Br)c43)nc(C)cc21. The molecule has 4 rings (SSSR count). The summed E-state index contributed by atoms with van der Waals surface area (Å²) in [6.45, 7) is 4.04. The first-order chi connectivity index (χ1) is 14.0. The van der Waals surface area contributed by atoms with Crippen molar-refractivity contribution in [2.24, 2.45) is 0 Å². The second-order valence-corrected chi connectivity index (χ2v) is 8.95. The van der Waals surface area contributed by atoms with E-state index >= 15 is 0 Å². The van der Waals surface area contributed by atoms with Gasteiger partial charge in [0.05, 0.1) is 23.9 Å². The molecule has 0 bridgehead atoms. The van der Waals surface area contributed by atoms with Crippen molar-refractivity contribution >= 4 is 54.4 Å². The van der Waals surface area contributed by atoms with E-state index in [1.54, 1.807) is 14.2 Å². The van der Waals surface area contributed by atoms with Crippen molar-refractivity contribution in [1.29, 1.82) is 0 Å². The van der Waals surface area contributed by atoms with Crippen LogP contribution in [0.3, 0.4) is 0 Å². The van der Waals surface area contributed by atoms with Crippen LogP contribution in [0.5, 0.6) is 0 Å². The minimum atomic E-state index is 0.0492. The Kier molecular flexibility index (Phi) is 6.19. The fraction of sp³-hybridized carbons (Fsp3) is 0.450. The third kappa shape index (κ3) is 3.93. The Morgan fingerprint density at radius 3 is 2.76 bits per heavy atom. The summed E-state index contributed by atoms with van der Waals surface area (Å²) < 4.78 is 14.8. The molecule has 1 aliphatic rings. The lowest BCUT2D eigenvalue weighted by molar-refractivity contribution is 0.117. The Balaban J connectivity index is 1.81. The molecule has 9 heteroatoms. The van der Waals surface area contributed by atoms with Gasteiger partial charge in [-0.1, -0.05) is 21.1 Å². The Bertz CT molecular complexity index is 1040. The number of hydrogen-bond donors (Lipinski definition) is 0. The number of aryl methyl sites for hydroxylation is 1. The van der Waals surface area contributed by atoms with Crippen LogP contribution in [0.2, 0.25) is 0 Å². The van der Waals surface area contributed by atoms with E-state index in [0.717, 1.165) is 56.6 Å². The molecule has 3 heterocycles. The van der Waals surface area contributed by atoms with Crippen LogP contribution in [0, 0.1) is 6.92 Å². The van der Waals surface area contributed by atoms with Crippen molar-refractivity contribution in [1.82, 2.24) is 20.0 Å². The van der Waals surface area contributed by atoms with Gasteiger partial charge in [0.25, 0.3) is 0 Å². The van der Waals surface area contributed by atoms with Crippen LogP contribution in [-0.2, 0) is 15.9 Å². The van der Waals surface area contributed by atoms with Gasteiger partial charge >= 0.3 is 0 Å². The molecule has 1 unspecified atom stereocenters. The van der Waals surface area contributed by atoms with Crippen LogP contribution in [0.4, 0.5) is 11.5 Å². The summed E-state index contributed by atoms with van der Waals surface area (Å²) in [6.07, 6.45) is 1.75. The minimum Gasteiger partial charge on any atom is -0.385 e. The number of rotatable bonds is 7. The van der Waals surface area contributed by atoms with Gasteiger partial charge in [-0.15, -0.1) is 5.10 Å². The van der Waals surface area contributed by atoms with Gasteiger partial charge in [-0.2, -0.15) is 0 Å². The highest BCUT2D eigenvalue weighted by Crippen LogP contribution is 2.43. The van der Waals surface area contributed by atoms with Crippen molar-refractivity contribution in [3.05, 3.63) is 38.4 Å². The van der Waals surface area contributed by atoms with Crippen LogP contribution < -0.4 is 4.90 Å². The van der Waals surface area contributed by atoms with Crippen LogP contribution in [0.1, 0.15) is 23.7 Å². The minimum absolute atomic E-state index is 0.0492. The van der Waals surface area contributed by atoms with E-state index in [1.807, 2.05) is 17.7 Å². The number of aromatic nitrogens is 4. The number of fused-ring (bicyclic) bond motifs is 2. The number of hydrogen-bond acceptors (Lipinski definition) is 6. The lowest BCUT2D eigenvalue weighted by Crippen LogP contribution is -2.19. The van der Waals surface area contributed by atoms with E-state index in [9.17, 15) is 0 Å². The predicted octanol–water partition coefficient (Wildman–Crippen LogP) is 4.58.